The molecular weight excluding hydrogens is 238 g/mol. The molecule has 0 saturated carbocycles. The molecule has 0 atom stereocenters. The van der Waals surface area contributed by atoms with E-state index in [4.69, 9.17) is 5.73 Å². The van der Waals surface area contributed by atoms with E-state index < -0.39 is 0 Å². The average Bonchev–Trinajstić information content (AvgIpc) is 2.30. The van der Waals surface area contributed by atoms with Gasteiger partial charge >= 0.3 is 6.03 Å². The minimum absolute atomic E-state index is 0. The van der Waals surface area contributed by atoms with E-state index in [1.54, 1.807) is 0 Å². The molecule has 4 nitrogen and oxygen atoms in total. The Labute approximate surface area is 110 Å². The SMILES string of the molecule is CC1CCN(C(=O)N2CCC(N)CC2)CC1.Cl. The number of nitrogens with two attached hydrogens (primary N) is 1. The maximum atomic E-state index is 12.2. The zero-order chi connectivity index (χ0) is 11.5. The number of hydrogen-bond donors (Lipinski definition) is 1. The molecule has 2 amide bonds. The highest BCUT2D eigenvalue weighted by molar-refractivity contribution is 5.85. The summed E-state index contributed by atoms with van der Waals surface area (Å²) in [6.45, 7) is 5.81. The van der Waals surface area contributed by atoms with Gasteiger partial charge in [0.15, 0.2) is 0 Å². The molecule has 0 radical (unpaired) electrons. The third-order valence-electron chi connectivity index (χ3n) is 3.86. The fourth-order valence-electron chi connectivity index (χ4n) is 2.49. The van der Waals surface area contributed by atoms with Crippen LogP contribution in [0.25, 0.3) is 0 Å². The van der Waals surface area contributed by atoms with Gasteiger partial charge in [0.2, 0.25) is 0 Å². The first-order valence-electron chi connectivity index (χ1n) is 6.46. The van der Waals surface area contributed by atoms with Crippen molar-refractivity contribution >= 4 is 18.4 Å². The van der Waals surface area contributed by atoms with Crippen LogP contribution in [0.2, 0.25) is 0 Å². The summed E-state index contributed by atoms with van der Waals surface area (Å²) >= 11 is 0. The van der Waals surface area contributed by atoms with Crippen LogP contribution in [0.15, 0.2) is 0 Å². The number of carbonyl (C=O) groups is 1. The summed E-state index contributed by atoms with van der Waals surface area (Å²) in [4.78, 5) is 16.2. The quantitative estimate of drug-likeness (QED) is 0.721. The maximum Gasteiger partial charge on any atom is 0.319 e. The van der Waals surface area contributed by atoms with Crippen LogP contribution in [0.5, 0.6) is 0 Å². The average molecular weight is 262 g/mol. The van der Waals surface area contributed by atoms with Crippen LogP contribution < -0.4 is 5.73 Å². The van der Waals surface area contributed by atoms with Crippen LogP contribution >= 0.6 is 12.4 Å². The van der Waals surface area contributed by atoms with E-state index in [0.29, 0.717) is 6.04 Å². The van der Waals surface area contributed by atoms with Crippen LogP contribution in [-0.2, 0) is 0 Å². The summed E-state index contributed by atoms with van der Waals surface area (Å²) in [7, 11) is 0. The second-order valence-corrected chi connectivity index (χ2v) is 5.28. The van der Waals surface area contributed by atoms with E-state index in [2.05, 4.69) is 6.92 Å². The molecule has 0 spiro atoms. The van der Waals surface area contributed by atoms with Gasteiger partial charge in [-0.1, -0.05) is 6.92 Å². The van der Waals surface area contributed by atoms with Crippen molar-refractivity contribution in [3.8, 4) is 0 Å². The number of amides is 2. The molecule has 100 valence electrons. The van der Waals surface area contributed by atoms with E-state index in [1.807, 2.05) is 9.80 Å². The first kappa shape index (κ1) is 14.6. The van der Waals surface area contributed by atoms with Gasteiger partial charge in [0.1, 0.15) is 0 Å². The summed E-state index contributed by atoms with van der Waals surface area (Å²) in [5, 5.41) is 0. The predicted molar refractivity (Wildman–Crippen MR) is 71.4 cm³/mol. The van der Waals surface area contributed by atoms with Crippen molar-refractivity contribution in [1.82, 2.24) is 9.80 Å². The molecule has 0 aromatic heterocycles. The lowest BCUT2D eigenvalue weighted by atomic mass is 9.99. The van der Waals surface area contributed by atoms with Crippen LogP contribution in [0.4, 0.5) is 4.79 Å². The zero-order valence-electron chi connectivity index (χ0n) is 10.6. The highest BCUT2D eigenvalue weighted by atomic mass is 35.5. The van der Waals surface area contributed by atoms with Gasteiger partial charge in [-0.05, 0) is 31.6 Å². The van der Waals surface area contributed by atoms with Gasteiger partial charge < -0.3 is 15.5 Å². The van der Waals surface area contributed by atoms with E-state index in [0.717, 1.165) is 57.8 Å². The third kappa shape index (κ3) is 3.75. The van der Waals surface area contributed by atoms with E-state index in [-0.39, 0.29) is 18.4 Å². The normalized spacial score (nSPS) is 23.4. The molecule has 2 rings (SSSR count). The fourth-order valence-corrected chi connectivity index (χ4v) is 2.49. The number of rotatable bonds is 0. The van der Waals surface area contributed by atoms with Crippen molar-refractivity contribution in [1.29, 1.82) is 0 Å². The molecule has 2 aliphatic heterocycles. The first-order chi connectivity index (χ1) is 7.66. The molecule has 2 heterocycles. The van der Waals surface area contributed by atoms with Crippen molar-refractivity contribution < 1.29 is 4.79 Å². The molecule has 2 N–H and O–H groups in total. The Bertz CT molecular complexity index is 222. The topological polar surface area (TPSA) is 49.6 Å². The summed E-state index contributed by atoms with van der Waals surface area (Å²) in [6.07, 6.45) is 4.21. The van der Waals surface area contributed by atoms with Crippen molar-refractivity contribution in [2.45, 2.75) is 38.6 Å². The molecule has 2 fully saturated rings. The van der Waals surface area contributed by atoms with Gasteiger partial charge in [-0.3, -0.25) is 0 Å². The van der Waals surface area contributed by atoms with Crippen molar-refractivity contribution in [2.75, 3.05) is 26.2 Å². The summed E-state index contributed by atoms with van der Waals surface area (Å²) < 4.78 is 0. The fraction of sp³-hybridized carbons (Fsp3) is 0.917. The summed E-state index contributed by atoms with van der Waals surface area (Å²) in [5.74, 6) is 0.777. The summed E-state index contributed by atoms with van der Waals surface area (Å²) in [5.41, 5.74) is 5.84. The number of nitrogens with zero attached hydrogens (tertiary/aromatic N) is 2. The number of carbonyl (C=O) groups excluding carboxylic acids is 1. The Hall–Kier alpha value is -0.480. The Morgan fingerprint density at radius 2 is 1.41 bits per heavy atom. The first-order valence-corrected chi connectivity index (χ1v) is 6.46. The van der Waals surface area contributed by atoms with Crippen molar-refractivity contribution in [3.63, 3.8) is 0 Å². The second kappa shape index (κ2) is 6.45. The zero-order valence-corrected chi connectivity index (χ0v) is 11.4. The maximum absolute atomic E-state index is 12.2. The van der Waals surface area contributed by atoms with Gasteiger partial charge in [0.25, 0.3) is 0 Å². The predicted octanol–water partition coefficient (Wildman–Crippen LogP) is 1.68. The molecular formula is C12H24ClN3O. The monoisotopic (exact) mass is 261 g/mol. The number of hydrogen-bond acceptors (Lipinski definition) is 2. The lowest BCUT2D eigenvalue weighted by Crippen LogP contribution is -2.50. The minimum Gasteiger partial charge on any atom is -0.328 e. The molecule has 17 heavy (non-hydrogen) atoms. The Kier molecular flexibility index (Phi) is 5.53. The van der Waals surface area contributed by atoms with Crippen molar-refractivity contribution in [3.05, 3.63) is 0 Å². The highest BCUT2D eigenvalue weighted by Gasteiger charge is 2.27. The highest BCUT2D eigenvalue weighted by Crippen LogP contribution is 2.18. The smallest absolute Gasteiger partial charge is 0.319 e. The van der Waals surface area contributed by atoms with Crippen molar-refractivity contribution in [2.24, 2.45) is 11.7 Å². The van der Waals surface area contributed by atoms with Gasteiger partial charge in [0, 0.05) is 32.2 Å². The number of piperidine rings is 2. The largest absolute Gasteiger partial charge is 0.328 e. The van der Waals surface area contributed by atoms with Gasteiger partial charge in [0.05, 0.1) is 0 Å². The number of likely N-dealkylation sites (tertiary alicyclic amines) is 2. The second-order valence-electron chi connectivity index (χ2n) is 5.28. The van der Waals surface area contributed by atoms with Gasteiger partial charge in [-0.2, -0.15) is 0 Å². The molecule has 0 aromatic rings. The molecule has 5 heteroatoms. The van der Waals surface area contributed by atoms with Gasteiger partial charge in [-0.15, -0.1) is 12.4 Å². The number of halogens is 1. The lowest BCUT2D eigenvalue weighted by Gasteiger charge is -2.37. The van der Waals surface area contributed by atoms with Crippen LogP contribution in [0.3, 0.4) is 0 Å². The van der Waals surface area contributed by atoms with E-state index in [9.17, 15) is 4.79 Å². The standard InChI is InChI=1S/C12H23N3O.ClH/c1-10-2-6-14(7-3-10)12(16)15-8-4-11(13)5-9-15;/h10-11H,2-9,13H2,1H3;1H. The number of urea groups is 1. The third-order valence-corrected chi connectivity index (χ3v) is 3.86. The van der Waals surface area contributed by atoms with Crippen LogP contribution in [0, 0.1) is 5.92 Å². The van der Waals surface area contributed by atoms with E-state index in [1.165, 1.54) is 0 Å². The minimum atomic E-state index is 0. The van der Waals surface area contributed by atoms with E-state index >= 15 is 0 Å². The molecule has 0 aromatic carbocycles. The molecule has 2 saturated heterocycles. The Morgan fingerprint density at radius 1 is 1.00 bits per heavy atom. The summed E-state index contributed by atoms with van der Waals surface area (Å²) in [6, 6.07) is 0.532. The molecule has 0 aliphatic carbocycles. The van der Waals surface area contributed by atoms with Crippen LogP contribution in [-0.4, -0.2) is 48.1 Å². The molecule has 0 bridgehead atoms. The lowest BCUT2D eigenvalue weighted by molar-refractivity contribution is 0.124. The van der Waals surface area contributed by atoms with Crippen LogP contribution in [0.1, 0.15) is 32.6 Å². The molecule has 0 unspecified atom stereocenters. The van der Waals surface area contributed by atoms with Gasteiger partial charge in [-0.25, -0.2) is 4.79 Å². The Balaban J connectivity index is 0.00000144. The Morgan fingerprint density at radius 3 is 1.88 bits per heavy atom. The molecule has 2 aliphatic rings.